The fourth-order valence-corrected chi connectivity index (χ4v) is 5.02. The number of carbonyl (C=O) groups excluding carboxylic acids is 1. The predicted octanol–water partition coefficient (Wildman–Crippen LogP) is 2.65. The first-order valence-electron chi connectivity index (χ1n) is 8.10. The third-order valence-electron chi connectivity index (χ3n) is 4.17. The number of fused-ring (bicyclic) bond motifs is 1. The highest BCUT2D eigenvalue weighted by Crippen LogP contribution is 2.29. The first-order chi connectivity index (χ1) is 11.9. The highest BCUT2D eigenvalue weighted by Gasteiger charge is 2.21. The number of amides is 1. The Morgan fingerprint density at radius 3 is 2.72 bits per heavy atom. The fourth-order valence-electron chi connectivity index (χ4n) is 2.85. The molecule has 25 heavy (non-hydrogen) atoms. The summed E-state index contributed by atoms with van der Waals surface area (Å²) in [7, 11) is -4.05. The van der Waals surface area contributed by atoms with E-state index in [1.165, 1.54) is 40.3 Å². The topological polar surface area (TPSA) is 95.5 Å². The molecule has 1 aliphatic carbocycles. The molecule has 134 valence electrons. The van der Waals surface area contributed by atoms with Gasteiger partial charge in [-0.1, -0.05) is 12.5 Å². The van der Waals surface area contributed by atoms with E-state index >= 15 is 0 Å². The number of aromatic hydroxyl groups is 1. The molecule has 6 nitrogen and oxygen atoms in total. The number of phenols is 1. The number of rotatable bonds is 4. The molecule has 3 rings (SSSR count). The van der Waals surface area contributed by atoms with Crippen molar-refractivity contribution in [2.24, 2.45) is 0 Å². The molecule has 1 aromatic heterocycles. The maximum Gasteiger partial charge on any atom is 0.276 e. The zero-order valence-corrected chi connectivity index (χ0v) is 15.5. The van der Waals surface area contributed by atoms with Gasteiger partial charge >= 0.3 is 0 Å². The first kappa shape index (κ1) is 17.9. The Balaban J connectivity index is 1.72. The molecule has 3 N–H and O–H groups in total. The second-order valence-corrected chi connectivity index (χ2v) is 8.94. The Kier molecular flexibility index (Phi) is 5.12. The second-order valence-electron chi connectivity index (χ2n) is 6.15. The molecular weight excluding hydrogens is 360 g/mol. The van der Waals surface area contributed by atoms with Crippen LogP contribution in [0.5, 0.6) is 5.75 Å². The van der Waals surface area contributed by atoms with E-state index in [9.17, 15) is 18.3 Å². The summed E-state index contributed by atoms with van der Waals surface area (Å²) in [6, 6.07) is 6.10. The number of benzene rings is 1. The molecular formula is C17H20N2O4S2. The number of sulfonamides is 1. The first-order valence-corrected chi connectivity index (χ1v) is 10.4. The third-order valence-corrected chi connectivity index (χ3v) is 6.69. The van der Waals surface area contributed by atoms with Gasteiger partial charge in [0.2, 0.25) is 0 Å². The van der Waals surface area contributed by atoms with Crippen LogP contribution in [0.2, 0.25) is 0 Å². The zero-order chi connectivity index (χ0) is 18.0. The molecule has 0 spiro atoms. The number of aryl methyl sites for hydroxylation is 3. The van der Waals surface area contributed by atoms with Crippen molar-refractivity contribution >= 4 is 27.3 Å². The van der Waals surface area contributed by atoms with Crippen molar-refractivity contribution in [2.75, 3.05) is 0 Å². The van der Waals surface area contributed by atoms with Crippen LogP contribution in [0.4, 0.5) is 0 Å². The number of hydrazine groups is 1. The van der Waals surface area contributed by atoms with E-state index in [1.807, 2.05) is 6.07 Å². The van der Waals surface area contributed by atoms with Gasteiger partial charge in [-0.25, -0.2) is 8.42 Å². The van der Waals surface area contributed by atoms with E-state index in [-0.39, 0.29) is 10.6 Å². The Hall–Kier alpha value is -1.90. The second kappa shape index (κ2) is 7.15. The van der Waals surface area contributed by atoms with Gasteiger partial charge in [0.05, 0.1) is 4.88 Å². The standard InChI is InChI=1S/C17H20N2O4S2/c1-11-7-8-13(20)16(9-11)25(22,23)19-18-17(21)15-10-12-5-3-2-4-6-14(12)24-15/h7-10,19-20H,2-6H2,1H3,(H,18,21). The quantitative estimate of drug-likeness (QED) is 0.561. The molecule has 1 aromatic carbocycles. The molecule has 0 saturated heterocycles. The number of nitrogens with one attached hydrogen (secondary N) is 2. The molecule has 0 radical (unpaired) electrons. The van der Waals surface area contributed by atoms with Crippen LogP contribution in [0.25, 0.3) is 0 Å². The predicted molar refractivity (Wildman–Crippen MR) is 96.2 cm³/mol. The molecule has 0 aliphatic heterocycles. The SMILES string of the molecule is Cc1ccc(O)c(S(=O)(=O)NNC(=O)c2cc3c(s2)CCCCC3)c1. The molecule has 1 aliphatic rings. The van der Waals surface area contributed by atoms with Gasteiger partial charge in [-0.15, -0.1) is 16.2 Å². The molecule has 2 aromatic rings. The molecule has 0 unspecified atom stereocenters. The Morgan fingerprint density at radius 1 is 1.16 bits per heavy atom. The number of hydrogen-bond acceptors (Lipinski definition) is 5. The van der Waals surface area contributed by atoms with Crippen LogP contribution in [0, 0.1) is 6.92 Å². The molecule has 0 fully saturated rings. The van der Waals surface area contributed by atoms with Gasteiger partial charge in [0.15, 0.2) is 0 Å². The van der Waals surface area contributed by atoms with Crippen molar-refractivity contribution < 1.29 is 18.3 Å². The van der Waals surface area contributed by atoms with E-state index in [4.69, 9.17) is 0 Å². The van der Waals surface area contributed by atoms with Crippen molar-refractivity contribution in [3.05, 3.63) is 45.1 Å². The average Bonchev–Trinajstić information content (AvgIpc) is 2.86. The Morgan fingerprint density at radius 2 is 1.92 bits per heavy atom. The lowest BCUT2D eigenvalue weighted by Gasteiger charge is -2.09. The van der Waals surface area contributed by atoms with Gasteiger partial charge in [-0.3, -0.25) is 10.2 Å². The highest BCUT2D eigenvalue weighted by atomic mass is 32.2. The molecule has 0 atom stereocenters. The Labute approximate surface area is 150 Å². The van der Waals surface area contributed by atoms with E-state index < -0.39 is 15.9 Å². The zero-order valence-electron chi connectivity index (χ0n) is 13.8. The number of carbonyl (C=O) groups is 1. The maximum absolute atomic E-state index is 12.3. The van der Waals surface area contributed by atoms with Crippen molar-refractivity contribution in [2.45, 2.75) is 43.9 Å². The summed E-state index contributed by atoms with van der Waals surface area (Å²) in [5.74, 6) is -0.857. The summed E-state index contributed by atoms with van der Waals surface area (Å²) in [4.78, 5) is 15.8. The summed E-state index contributed by atoms with van der Waals surface area (Å²) < 4.78 is 24.6. The average molecular weight is 380 g/mol. The monoisotopic (exact) mass is 380 g/mol. The van der Waals surface area contributed by atoms with E-state index in [2.05, 4.69) is 10.3 Å². The van der Waals surface area contributed by atoms with E-state index in [0.717, 1.165) is 25.7 Å². The van der Waals surface area contributed by atoms with Crippen molar-refractivity contribution in [1.82, 2.24) is 10.3 Å². The normalized spacial score (nSPS) is 14.6. The Bertz CT molecular complexity index is 880. The van der Waals surface area contributed by atoms with Crippen LogP contribution >= 0.6 is 11.3 Å². The van der Waals surface area contributed by atoms with Gasteiger partial charge in [0.25, 0.3) is 15.9 Å². The van der Waals surface area contributed by atoms with Crippen molar-refractivity contribution in [1.29, 1.82) is 0 Å². The minimum atomic E-state index is -4.05. The minimum Gasteiger partial charge on any atom is -0.507 e. The van der Waals surface area contributed by atoms with Crippen LogP contribution in [0.1, 0.15) is 44.9 Å². The van der Waals surface area contributed by atoms with Gasteiger partial charge < -0.3 is 5.11 Å². The van der Waals surface area contributed by atoms with Gasteiger partial charge in [0.1, 0.15) is 10.6 Å². The summed E-state index contributed by atoms with van der Waals surface area (Å²) in [5, 5.41) is 9.76. The lowest BCUT2D eigenvalue weighted by atomic mass is 10.1. The maximum atomic E-state index is 12.3. The van der Waals surface area contributed by atoms with Crippen molar-refractivity contribution in [3.8, 4) is 5.75 Å². The minimum absolute atomic E-state index is 0.269. The highest BCUT2D eigenvalue weighted by molar-refractivity contribution is 7.89. The van der Waals surface area contributed by atoms with Crippen LogP contribution in [-0.4, -0.2) is 19.4 Å². The van der Waals surface area contributed by atoms with Crippen LogP contribution < -0.4 is 10.3 Å². The van der Waals surface area contributed by atoms with E-state index in [0.29, 0.717) is 10.4 Å². The molecule has 1 amide bonds. The largest absolute Gasteiger partial charge is 0.507 e. The van der Waals surface area contributed by atoms with Crippen molar-refractivity contribution in [3.63, 3.8) is 0 Å². The van der Waals surface area contributed by atoms with Crippen LogP contribution in [-0.2, 0) is 22.9 Å². The third kappa shape index (κ3) is 4.02. The number of phenolic OH excluding ortho intramolecular Hbond substituents is 1. The summed E-state index contributed by atoms with van der Waals surface area (Å²) in [6.45, 7) is 1.72. The lowest BCUT2D eigenvalue weighted by molar-refractivity contribution is 0.0949. The molecule has 0 bridgehead atoms. The smallest absolute Gasteiger partial charge is 0.276 e. The summed E-state index contributed by atoms with van der Waals surface area (Å²) in [5.41, 5.74) is 4.11. The lowest BCUT2D eigenvalue weighted by Crippen LogP contribution is -2.41. The van der Waals surface area contributed by atoms with Gasteiger partial charge in [-0.2, -0.15) is 0 Å². The summed E-state index contributed by atoms with van der Waals surface area (Å²) in [6.07, 6.45) is 5.36. The molecule has 1 heterocycles. The number of thiophene rings is 1. The van der Waals surface area contributed by atoms with Gasteiger partial charge in [-0.05, 0) is 61.9 Å². The van der Waals surface area contributed by atoms with E-state index in [1.54, 1.807) is 13.0 Å². The number of hydrogen-bond donors (Lipinski definition) is 3. The molecule has 0 saturated carbocycles. The summed E-state index contributed by atoms with van der Waals surface area (Å²) >= 11 is 1.41. The molecule has 8 heteroatoms. The van der Waals surface area contributed by atoms with Crippen LogP contribution in [0.15, 0.2) is 29.2 Å². The fraction of sp³-hybridized carbons (Fsp3) is 0.353. The van der Waals surface area contributed by atoms with Crippen LogP contribution in [0.3, 0.4) is 0 Å². The van der Waals surface area contributed by atoms with Gasteiger partial charge in [0, 0.05) is 4.88 Å².